The van der Waals surface area contributed by atoms with Crippen LogP contribution < -0.4 is 5.32 Å². The molecule has 1 atom stereocenters. The van der Waals surface area contributed by atoms with Crippen LogP contribution in [0.2, 0.25) is 0 Å². The molecule has 0 saturated heterocycles. The van der Waals surface area contributed by atoms with Crippen molar-refractivity contribution >= 4 is 27.7 Å². The third-order valence-electron chi connectivity index (χ3n) is 3.06. The molecule has 0 aliphatic carbocycles. The molecule has 1 nitrogen and oxygen atoms in total. The maximum atomic E-state index is 3.58. The van der Waals surface area contributed by atoms with Crippen molar-refractivity contribution in [2.75, 3.05) is 12.3 Å². The van der Waals surface area contributed by atoms with E-state index in [0.29, 0.717) is 6.04 Å². The zero-order chi connectivity index (χ0) is 14.2. The van der Waals surface area contributed by atoms with Gasteiger partial charge in [0.25, 0.3) is 0 Å². The van der Waals surface area contributed by atoms with Gasteiger partial charge in [-0.05, 0) is 42.8 Å². The van der Waals surface area contributed by atoms with Crippen LogP contribution in [0.1, 0.15) is 12.5 Å². The van der Waals surface area contributed by atoms with Crippen molar-refractivity contribution in [1.29, 1.82) is 0 Å². The second-order valence-electron chi connectivity index (χ2n) is 4.71. The first-order valence-electron chi connectivity index (χ1n) is 6.93. The molecular weight excluding hydrogens is 330 g/mol. The first kappa shape index (κ1) is 15.6. The fraction of sp³-hybridized carbons (Fsp3) is 0.294. The molecule has 0 fully saturated rings. The van der Waals surface area contributed by atoms with E-state index in [4.69, 9.17) is 0 Å². The van der Waals surface area contributed by atoms with E-state index in [1.54, 1.807) is 0 Å². The van der Waals surface area contributed by atoms with Crippen molar-refractivity contribution in [3.05, 3.63) is 64.6 Å². The summed E-state index contributed by atoms with van der Waals surface area (Å²) in [6.45, 7) is 3.18. The predicted octanol–water partition coefficient (Wildman–Crippen LogP) is 4.76. The molecule has 0 bridgehead atoms. The fourth-order valence-corrected chi connectivity index (χ4v) is 3.57. The molecule has 1 unspecified atom stereocenters. The lowest BCUT2D eigenvalue weighted by Crippen LogP contribution is -2.33. The topological polar surface area (TPSA) is 12.0 Å². The zero-order valence-electron chi connectivity index (χ0n) is 11.7. The van der Waals surface area contributed by atoms with Gasteiger partial charge in [-0.2, -0.15) is 0 Å². The molecule has 2 rings (SSSR count). The van der Waals surface area contributed by atoms with E-state index in [1.165, 1.54) is 10.5 Å². The summed E-state index contributed by atoms with van der Waals surface area (Å²) in [7, 11) is 0. The van der Waals surface area contributed by atoms with Gasteiger partial charge in [-0.15, -0.1) is 11.8 Å². The highest BCUT2D eigenvalue weighted by Crippen LogP contribution is 2.20. The van der Waals surface area contributed by atoms with Gasteiger partial charge in [0.15, 0.2) is 0 Å². The smallest absolute Gasteiger partial charge is 0.0201 e. The van der Waals surface area contributed by atoms with Gasteiger partial charge in [-0.25, -0.2) is 0 Å². The molecule has 0 spiro atoms. The van der Waals surface area contributed by atoms with Crippen LogP contribution >= 0.6 is 27.7 Å². The molecule has 0 aromatic heterocycles. The van der Waals surface area contributed by atoms with E-state index < -0.39 is 0 Å². The average molecular weight is 350 g/mol. The van der Waals surface area contributed by atoms with E-state index in [2.05, 4.69) is 82.8 Å². The number of nitrogens with one attached hydrogen (secondary N) is 1. The SMILES string of the molecule is CCNC(CSc1ccccc1)Cc1cccc(Br)c1. The third-order valence-corrected chi connectivity index (χ3v) is 4.73. The summed E-state index contributed by atoms with van der Waals surface area (Å²) in [4.78, 5) is 1.34. The molecular formula is C17H20BrNS. The molecule has 20 heavy (non-hydrogen) atoms. The van der Waals surface area contributed by atoms with E-state index in [9.17, 15) is 0 Å². The van der Waals surface area contributed by atoms with E-state index >= 15 is 0 Å². The minimum Gasteiger partial charge on any atom is -0.313 e. The molecule has 0 saturated carbocycles. The Morgan fingerprint density at radius 3 is 2.60 bits per heavy atom. The van der Waals surface area contributed by atoms with Crippen molar-refractivity contribution in [1.82, 2.24) is 5.32 Å². The number of thioether (sulfide) groups is 1. The van der Waals surface area contributed by atoms with Crippen molar-refractivity contribution < 1.29 is 0 Å². The summed E-state index contributed by atoms with van der Waals surface area (Å²) < 4.78 is 1.15. The van der Waals surface area contributed by atoms with Crippen LogP contribution in [0.15, 0.2) is 64.0 Å². The molecule has 1 N–H and O–H groups in total. The summed E-state index contributed by atoms with van der Waals surface area (Å²) in [5.41, 5.74) is 1.37. The minimum absolute atomic E-state index is 0.500. The molecule has 106 valence electrons. The van der Waals surface area contributed by atoms with E-state index in [1.807, 2.05) is 11.8 Å². The molecule has 0 heterocycles. The largest absolute Gasteiger partial charge is 0.313 e. The Labute approximate surface area is 134 Å². The highest BCUT2D eigenvalue weighted by Gasteiger charge is 2.09. The van der Waals surface area contributed by atoms with Crippen molar-refractivity contribution in [3.8, 4) is 0 Å². The number of benzene rings is 2. The van der Waals surface area contributed by atoms with Gasteiger partial charge in [0, 0.05) is 21.2 Å². The van der Waals surface area contributed by atoms with Gasteiger partial charge in [0.1, 0.15) is 0 Å². The highest BCUT2D eigenvalue weighted by molar-refractivity contribution is 9.10. The minimum atomic E-state index is 0.500. The van der Waals surface area contributed by atoms with Crippen LogP contribution in [0.25, 0.3) is 0 Å². The number of rotatable bonds is 7. The molecule has 2 aromatic rings. The number of likely N-dealkylation sites (N-methyl/N-ethyl adjacent to an activating group) is 1. The van der Waals surface area contributed by atoms with Gasteiger partial charge in [-0.1, -0.05) is 53.2 Å². The van der Waals surface area contributed by atoms with E-state index in [-0.39, 0.29) is 0 Å². The molecule has 0 amide bonds. The molecule has 2 aromatic carbocycles. The number of hydrogen-bond acceptors (Lipinski definition) is 2. The normalized spacial score (nSPS) is 12.3. The molecule has 0 aliphatic rings. The molecule has 0 aliphatic heterocycles. The average Bonchev–Trinajstić information content (AvgIpc) is 2.46. The van der Waals surface area contributed by atoms with Gasteiger partial charge in [0.05, 0.1) is 0 Å². The first-order chi connectivity index (χ1) is 9.78. The summed E-state index contributed by atoms with van der Waals surface area (Å²) in [6, 6.07) is 19.7. The lowest BCUT2D eigenvalue weighted by atomic mass is 10.1. The second-order valence-corrected chi connectivity index (χ2v) is 6.72. The van der Waals surface area contributed by atoms with Crippen LogP contribution in [-0.2, 0) is 6.42 Å². The van der Waals surface area contributed by atoms with Crippen molar-refractivity contribution in [3.63, 3.8) is 0 Å². The van der Waals surface area contributed by atoms with Crippen LogP contribution in [0.4, 0.5) is 0 Å². The zero-order valence-corrected chi connectivity index (χ0v) is 14.1. The Hall–Kier alpha value is -0.770. The van der Waals surface area contributed by atoms with Crippen LogP contribution in [0.3, 0.4) is 0 Å². The monoisotopic (exact) mass is 349 g/mol. The Kier molecular flexibility index (Phi) is 6.64. The molecule has 3 heteroatoms. The molecule has 0 radical (unpaired) electrons. The van der Waals surface area contributed by atoms with Gasteiger partial charge in [0.2, 0.25) is 0 Å². The predicted molar refractivity (Wildman–Crippen MR) is 92.5 cm³/mol. The number of halogens is 1. The first-order valence-corrected chi connectivity index (χ1v) is 8.71. The Morgan fingerprint density at radius 2 is 1.90 bits per heavy atom. The summed E-state index contributed by atoms with van der Waals surface area (Å²) >= 11 is 5.46. The van der Waals surface area contributed by atoms with Crippen LogP contribution in [0, 0.1) is 0 Å². The summed E-state index contributed by atoms with van der Waals surface area (Å²) in [6.07, 6.45) is 1.06. The lowest BCUT2D eigenvalue weighted by Gasteiger charge is -2.18. The maximum absolute atomic E-state index is 3.58. The Morgan fingerprint density at radius 1 is 1.10 bits per heavy atom. The highest BCUT2D eigenvalue weighted by atomic mass is 79.9. The number of hydrogen-bond donors (Lipinski definition) is 1. The summed E-state index contributed by atoms with van der Waals surface area (Å²) in [5.74, 6) is 1.09. The van der Waals surface area contributed by atoms with E-state index in [0.717, 1.165) is 23.2 Å². The van der Waals surface area contributed by atoms with Gasteiger partial charge >= 0.3 is 0 Å². The third kappa shape index (κ3) is 5.31. The fourth-order valence-electron chi connectivity index (χ4n) is 2.14. The maximum Gasteiger partial charge on any atom is 0.0201 e. The van der Waals surface area contributed by atoms with Gasteiger partial charge in [-0.3, -0.25) is 0 Å². The standard InChI is InChI=1S/C17H20BrNS/c1-2-19-16(12-14-7-6-8-15(18)11-14)13-20-17-9-4-3-5-10-17/h3-11,16,19H,2,12-13H2,1H3. The Bertz CT molecular complexity index is 515. The van der Waals surface area contributed by atoms with Crippen LogP contribution in [0.5, 0.6) is 0 Å². The Balaban J connectivity index is 1.93. The summed E-state index contributed by atoms with van der Waals surface area (Å²) in [5, 5.41) is 3.58. The van der Waals surface area contributed by atoms with Crippen molar-refractivity contribution in [2.45, 2.75) is 24.3 Å². The lowest BCUT2D eigenvalue weighted by molar-refractivity contribution is 0.572. The van der Waals surface area contributed by atoms with Crippen LogP contribution in [-0.4, -0.2) is 18.3 Å². The van der Waals surface area contributed by atoms with Crippen molar-refractivity contribution in [2.24, 2.45) is 0 Å². The second kappa shape index (κ2) is 8.50. The van der Waals surface area contributed by atoms with Gasteiger partial charge < -0.3 is 5.32 Å². The quantitative estimate of drug-likeness (QED) is 0.723.